The zero-order valence-electron chi connectivity index (χ0n) is 20.9. The van der Waals surface area contributed by atoms with Gasteiger partial charge in [0.25, 0.3) is 5.91 Å². The highest BCUT2D eigenvalue weighted by atomic mass is 16.5. The van der Waals surface area contributed by atoms with Crippen molar-refractivity contribution in [3.8, 4) is 11.5 Å². The van der Waals surface area contributed by atoms with E-state index in [0.29, 0.717) is 11.5 Å². The van der Waals surface area contributed by atoms with Gasteiger partial charge in [-0.15, -0.1) is 0 Å². The molecule has 4 heteroatoms. The van der Waals surface area contributed by atoms with Gasteiger partial charge in [0, 0.05) is 22.7 Å². The first-order valence-electron chi connectivity index (χ1n) is 11.6. The van der Waals surface area contributed by atoms with E-state index in [0.717, 1.165) is 23.2 Å². The van der Waals surface area contributed by atoms with E-state index in [2.05, 4.69) is 70.2 Å². The molecular formula is C30H33NO3. The van der Waals surface area contributed by atoms with Gasteiger partial charge in [-0.25, -0.2) is 0 Å². The average molecular weight is 456 g/mol. The third-order valence-electron chi connectivity index (χ3n) is 6.84. The van der Waals surface area contributed by atoms with Crippen LogP contribution < -0.4 is 14.4 Å². The molecule has 1 atom stereocenters. The Morgan fingerprint density at radius 1 is 0.912 bits per heavy atom. The lowest BCUT2D eigenvalue weighted by Crippen LogP contribution is -2.55. The minimum atomic E-state index is -0.385. The molecular weight excluding hydrogens is 422 g/mol. The van der Waals surface area contributed by atoms with E-state index in [9.17, 15) is 4.79 Å². The molecule has 0 fully saturated rings. The Morgan fingerprint density at radius 3 is 2.29 bits per heavy atom. The van der Waals surface area contributed by atoms with Crippen molar-refractivity contribution in [2.45, 2.75) is 45.1 Å². The Hall–Kier alpha value is -3.53. The number of hydrogen-bond donors (Lipinski definition) is 0. The Kier molecular flexibility index (Phi) is 6.26. The van der Waals surface area contributed by atoms with Gasteiger partial charge in [0.15, 0.2) is 11.5 Å². The molecule has 0 saturated carbocycles. The number of amides is 1. The predicted octanol–water partition coefficient (Wildman–Crippen LogP) is 6.55. The van der Waals surface area contributed by atoms with Gasteiger partial charge >= 0.3 is 0 Å². The molecule has 3 aromatic rings. The molecule has 4 nitrogen and oxygen atoms in total. The summed E-state index contributed by atoms with van der Waals surface area (Å²) in [5.74, 6) is 1.25. The molecule has 4 rings (SSSR count). The van der Waals surface area contributed by atoms with Crippen LogP contribution >= 0.6 is 0 Å². The van der Waals surface area contributed by atoms with Gasteiger partial charge in [-0.2, -0.15) is 0 Å². The standard InChI is InChI=1S/C30H33NO3/c1-21-12-15-24-25(18-21)31(29(2,3)20-30(24,4)23-10-8-7-9-11-23)28(32)17-14-22-13-16-26(33-5)27(19-22)34-6/h7-19H,20H2,1-6H3/b17-14+. The highest BCUT2D eigenvalue weighted by Crippen LogP contribution is 2.50. The van der Waals surface area contributed by atoms with E-state index < -0.39 is 0 Å². The van der Waals surface area contributed by atoms with E-state index in [1.807, 2.05) is 35.2 Å². The number of benzene rings is 3. The Morgan fingerprint density at radius 2 is 1.62 bits per heavy atom. The predicted molar refractivity (Wildman–Crippen MR) is 139 cm³/mol. The third kappa shape index (κ3) is 4.21. The number of methoxy groups -OCH3 is 2. The Labute approximate surface area is 202 Å². The van der Waals surface area contributed by atoms with Crippen LogP contribution in [0.15, 0.2) is 72.8 Å². The SMILES string of the molecule is COc1ccc(/C=C/C(=O)N2c3cc(C)ccc3C(C)(c3ccccc3)CC2(C)C)cc1OC. The summed E-state index contributed by atoms with van der Waals surface area (Å²) in [6.07, 6.45) is 4.30. The summed E-state index contributed by atoms with van der Waals surface area (Å²) < 4.78 is 10.7. The van der Waals surface area contributed by atoms with Crippen molar-refractivity contribution in [3.05, 3.63) is 95.1 Å². The number of fused-ring (bicyclic) bond motifs is 1. The lowest BCUT2D eigenvalue weighted by Gasteiger charge is -2.51. The van der Waals surface area contributed by atoms with Gasteiger partial charge in [0.05, 0.1) is 14.2 Å². The number of carbonyl (C=O) groups excluding carboxylic acids is 1. The smallest absolute Gasteiger partial charge is 0.251 e. The molecule has 0 saturated heterocycles. The number of carbonyl (C=O) groups is 1. The normalized spacial score (nSPS) is 19.1. The summed E-state index contributed by atoms with van der Waals surface area (Å²) >= 11 is 0. The topological polar surface area (TPSA) is 38.8 Å². The van der Waals surface area contributed by atoms with Gasteiger partial charge < -0.3 is 14.4 Å². The van der Waals surface area contributed by atoms with E-state index in [1.165, 1.54) is 11.1 Å². The van der Waals surface area contributed by atoms with Crippen LogP contribution in [0.3, 0.4) is 0 Å². The first kappa shape index (κ1) is 23.6. The third-order valence-corrected chi connectivity index (χ3v) is 6.84. The molecule has 3 aromatic carbocycles. The van der Waals surface area contributed by atoms with Crippen LogP contribution in [0, 0.1) is 6.92 Å². The fourth-order valence-corrected chi connectivity index (χ4v) is 5.34. The molecule has 0 aromatic heterocycles. The highest BCUT2D eigenvalue weighted by molar-refractivity contribution is 6.06. The lowest BCUT2D eigenvalue weighted by molar-refractivity contribution is -0.115. The second kappa shape index (κ2) is 9.02. The van der Waals surface area contributed by atoms with Crippen molar-refractivity contribution >= 4 is 17.7 Å². The van der Waals surface area contributed by atoms with Crippen LogP contribution in [-0.2, 0) is 10.2 Å². The number of aryl methyl sites for hydroxylation is 1. The van der Waals surface area contributed by atoms with Gasteiger partial charge in [-0.1, -0.05) is 55.5 Å². The minimum Gasteiger partial charge on any atom is -0.493 e. The maximum Gasteiger partial charge on any atom is 0.251 e. The zero-order valence-corrected chi connectivity index (χ0v) is 20.9. The van der Waals surface area contributed by atoms with Crippen molar-refractivity contribution in [2.24, 2.45) is 0 Å². The summed E-state index contributed by atoms with van der Waals surface area (Å²) in [7, 11) is 3.22. The molecule has 0 radical (unpaired) electrons. The number of nitrogens with zero attached hydrogens (tertiary/aromatic N) is 1. The Balaban J connectivity index is 1.76. The molecule has 0 N–H and O–H groups in total. The summed E-state index contributed by atoms with van der Waals surface area (Å²) in [6.45, 7) is 8.67. The van der Waals surface area contributed by atoms with Crippen LogP contribution in [0.5, 0.6) is 11.5 Å². The van der Waals surface area contributed by atoms with Crippen LogP contribution in [0.1, 0.15) is 49.4 Å². The van der Waals surface area contributed by atoms with Crippen molar-refractivity contribution in [1.82, 2.24) is 0 Å². The molecule has 1 heterocycles. The maximum atomic E-state index is 13.7. The summed E-state index contributed by atoms with van der Waals surface area (Å²) in [5.41, 5.74) is 4.84. The summed E-state index contributed by atoms with van der Waals surface area (Å²) in [6, 6.07) is 22.7. The second-order valence-corrected chi connectivity index (χ2v) is 9.83. The van der Waals surface area contributed by atoms with Gasteiger partial charge in [-0.3, -0.25) is 4.79 Å². The van der Waals surface area contributed by atoms with Crippen molar-refractivity contribution in [3.63, 3.8) is 0 Å². The van der Waals surface area contributed by atoms with Crippen molar-refractivity contribution < 1.29 is 14.3 Å². The largest absolute Gasteiger partial charge is 0.493 e. The highest BCUT2D eigenvalue weighted by Gasteiger charge is 2.47. The van der Waals surface area contributed by atoms with Crippen molar-refractivity contribution in [1.29, 1.82) is 0 Å². The molecule has 1 aliphatic rings. The Bertz CT molecular complexity index is 1230. The van der Waals surface area contributed by atoms with Crippen LogP contribution in [0.25, 0.3) is 6.08 Å². The van der Waals surface area contributed by atoms with E-state index >= 15 is 0 Å². The quantitative estimate of drug-likeness (QED) is 0.410. The molecule has 176 valence electrons. The minimum absolute atomic E-state index is 0.0400. The summed E-state index contributed by atoms with van der Waals surface area (Å²) in [4.78, 5) is 15.6. The molecule has 1 aliphatic heterocycles. The number of hydrogen-bond acceptors (Lipinski definition) is 3. The average Bonchev–Trinajstić information content (AvgIpc) is 2.82. The molecule has 1 amide bonds. The monoisotopic (exact) mass is 455 g/mol. The van der Waals surface area contributed by atoms with Gasteiger partial charge in [0.1, 0.15) is 0 Å². The fraction of sp³-hybridized carbons (Fsp3) is 0.300. The van der Waals surface area contributed by atoms with E-state index in [1.54, 1.807) is 20.3 Å². The van der Waals surface area contributed by atoms with Crippen molar-refractivity contribution in [2.75, 3.05) is 19.1 Å². The molecule has 0 spiro atoms. The lowest BCUT2D eigenvalue weighted by atomic mass is 9.65. The number of rotatable bonds is 5. The molecule has 0 bridgehead atoms. The molecule has 0 aliphatic carbocycles. The fourth-order valence-electron chi connectivity index (χ4n) is 5.34. The van der Waals surface area contributed by atoms with E-state index in [-0.39, 0.29) is 16.9 Å². The first-order chi connectivity index (χ1) is 16.2. The van der Waals surface area contributed by atoms with Crippen LogP contribution in [0.4, 0.5) is 5.69 Å². The number of anilines is 1. The van der Waals surface area contributed by atoms with Crippen LogP contribution in [-0.4, -0.2) is 25.7 Å². The van der Waals surface area contributed by atoms with Gasteiger partial charge in [-0.05, 0) is 73.7 Å². The maximum absolute atomic E-state index is 13.7. The zero-order chi connectivity index (χ0) is 24.5. The number of ether oxygens (including phenoxy) is 2. The van der Waals surface area contributed by atoms with Gasteiger partial charge in [0.2, 0.25) is 0 Å². The molecule has 34 heavy (non-hydrogen) atoms. The van der Waals surface area contributed by atoms with Crippen LogP contribution in [0.2, 0.25) is 0 Å². The molecule has 1 unspecified atom stereocenters. The summed E-state index contributed by atoms with van der Waals surface area (Å²) in [5, 5.41) is 0. The first-order valence-corrected chi connectivity index (χ1v) is 11.6. The van der Waals surface area contributed by atoms with E-state index in [4.69, 9.17) is 9.47 Å². The second-order valence-electron chi connectivity index (χ2n) is 9.83.